The number of fused-ring (bicyclic) bond motifs is 1. The lowest BCUT2D eigenvalue weighted by atomic mass is 9.97. The van der Waals surface area contributed by atoms with Gasteiger partial charge in [0.05, 0.1) is 11.6 Å². The molecule has 3 N–H and O–H groups in total. The molecule has 0 radical (unpaired) electrons. The lowest BCUT2D eigenvalue weighted by molar-refractivity contribution is -0.126. The number of aromatic nitrogens is 2. The average molecular weight is 329 g/mol. The molecule has 1 amide bonds. The van der Waals surface area contributed by atoms with Crippen LogP contribution < -0.4 is 16.6 Å². The highest BCUT2D eigenvalue weighted by molar-refractivity contribution is 5.78. The number of carbonyl (C=O) groups is 1. The second-order valence-electron chi connectivity index (χ2n) is 6.17. The van der Waals surface area contributed by atoms with Gasteiger partial charge in [-0.15, -0.1) is 0 Å². The number of pyridine rings is 1. The molecule has 1 fully saturated rings. The van der Waals surface area contributed by atoms with Gasteiger partial charge in [-0.25, -0.2) is 4.98 Å². The Labute approximate surface area is 140 Å². The zero-order chi connectivity index (χ0) is 16.9. The quantitative estimate of drug-likeness (QED) is 0.804. The molecule has 1 atom stereocenters. The molecule has 7 nitrogen and oxygen atoms in total. The molecule has 3 heterocycles. The van der Waals surface area contributed by atoms with Crippen LogP contribution in [0.5, 0.6) is 0 Å². The number of nitrogens with two attached hydrogens (primary N) is 1. The Morgan fingerprint density at radius 2 is 2.29 bits per heavy atom. The van der Waals surface area contributed by atoms with E-state index in [1.165, 1.54) is 4.40 Å². The zero-order valence-electron chi connectivity index (χ0n) is 13.6. The van der Waals surface area contributed by atoms with E-state index in [0.29, 0.717) is 31.8 Å². The first-order chi connectivity index (χ1) is 11.7. The largest absolute Gasteiger partial charge is 0.355 e. The van der Waals surface area contributed by atoms with E-state index < -0.39 is 0 Å². The van der Waals surface area contributed by atoms with Crippen molar-refractivity contribution in [1.29, 1.82) is 0 Å². The highest BCUT2D eigenvalue weighted by atomic mass is 16.2. The van der Waals surface area contributed by atoms with Crippen molar-refractivity contribution in [3.8, 4) is 0 Å². The molecule has 1 aliphatic rings. The van der Waals surface area contributed by atoms with Gasteiger partial charge in [-0.3, -0.25) is 18.9 Å². The van der Waals surface area contributed by atoms with Crippen LogP contribution in [0.2, 0.25) is 0 Å². The van der Waals surface area contributed by atoms with Crippen molar-refractivity contribution in [3.05, 3.63) is 46.5 Å². The van der Waals surface area contributed by atoms with Crippen LogP contribution in [0, 0.1) is 5.92 Å². The number of rotatable bonds is 5. The number of nitrogens with zero attached hydrogens (tertiary/aromatic N) is 3. The smallest absolute Gasteiger partial charge is 0.258 e. The average Bonchev–Trinajstić information content (AvgIpc) is 2.60. The van der Waals surface area contributed by atoms with Crippen LogP contribution in [0.15, 0.2) is 35.3 Å². The SMILES string of the molecule is NCCNC(=O)C1CCCN(Cc2cc(=O)n3ccccc3n2)C1. The molecule has 2 aromatic heterocycles. The first-order valence-corrected chi connectivity index (χ1v) is 8.35. The predicted octanol–water partition coefficient (Wildman–Crippen LogP) is -0.0186. The van der Waals surface area contributed by atoms with E-state index >= 15 is 0 Å². The van der Waals surface area contributed by atoms with Gasteiger partial charge in [-0.2, -0.15) is 0 Å². The van der Waals surface area contributed by atoms with Gasteiger partial charge in [0.2, 0.25) is 5.91 Å². The van der Waals surface area contributed by atoms with Crippen LogP contribution in [0.3, 0.4) is 0 Å². The lowest BCUT2D eigenvalue weighted by Crippen LogP contribution is -2.43. The van der Waals surface area contributed by atoms with Crippen molar-refractivity contribution in [2.75, 3.05) is 26.2 Å². The van der Waals surface area contributed by atoms with E-state index in [9.17, 15) is 9.59 Å². The molecule has 1 saturated heterocycles. The van der Waals surface area contributed by atoms with Crippen LogP contribution in [-0.4, -0.2) is 46.4 Å². The van der Waals surface area contributed by atoms with Gasteiger partial charge in [0.25, 0.3) is 5.56 Å². The first kappa shape index (κ1) is 16.6. The minimum absolute atomic E-state index is 0.0214. The van der Waals surface area contributed by atoms with Crippen molar-refractivity contribution >= 4 is 11.6 Å². The third-order valence-electron chi connectivity index (χ3n) is 4.33. The zero-order valence-corrected chi connectivity index (χ0v) is 13.6. The Morgan fingerprint density at radius 3 is 3.12 bits per heavy atom. The van der Waals surface area contributed by atoms with Crippen LogP contribution >= 0.6 is 0 Å². The maximum absolute atomic E-state index is 12.2. The van der Waals surface area contributed by atoms with Crippen LogP contribution in [0.25, 0.3) is 5.65 Å². The van der Waals surface area contributed by atoms with Crippen molar-refractivity contribution in [1.82, 2.24) is 19.6 Å². The van der Waals surface area contributed by atoms with Gasteiger partial charge in [0.1, 0.15) is 5.65 Å². The van der Waals surface area contributed by atoms with Crippen molar-refractivity contribution in [2.24, 2.45) is 11.7 Å². The minimum atomic E-state index is -0.0788. The fourth-order valence-corrected chi connectivity index (χ4v) is 3.17. The number of amides is 1. The summed E-state index contributed by atoms with van der Waals surface area (Å²) < 4.78 is 1.53. The Bertz CT molecular complexity index is 773. The van der Waals surface area contributed by atoms with Gasteiger partial charge in [0, 0.05) is 38.4 Å². The monoisotopic (exact) mass is 329 g/mol. The summed E-state index contributed by atoms with van der Waals surface area (Å²) in [6.45, 7) is 3.15. The number of carbonyl (C=O) groups excluding carboxylic acids is 1. The van der Waals surface area contributed by atoms with E-state index in [4.69, 9.17) is 5.73 Å². The summed E-state index contributed by atoms with van der Waals surface area (Å²) in [5.41, 5.74) is 6.74. The molecule has 1 aliphatic heterocycles. The van der Waals surface area contributed by atoms with Crippen molar-refractivity contribution in [2.45, 2.75) is 19.4 Å². The van der Waals surface area contributed by atoms with E-state index in [1.54, 1.807) is 12.3 Å². The minimum Gasteiger partial charge on any atom is -0.355 e. The van der Waals surface area contributed by atoms with E-state index in [0.717, 1.165) is 25.1 Å². The summed E-state index contributed by atoms with van der Waals surface area (Å²) in [5, 5.41) is 2.86. The summed E-state index contributed by atoms with van der Waals surface area (Å²) in [6.07, 6.45) is 3.57. The van der Waals surface area contributed by atoms with Crippen molar-refractivity contribution in [3.63, 3.8) is 0 Å². The Balaban J connectivity index is 1.69. The first-order valence-electron chi connectivity index (χ1n) is 8.35. The predicted molar refractivity (Wildman–Crippen MR) is 91.5 cm³/mol. The number of piperidine rings is 1. The molecule has 7 heteroatoms. The van der Waals surface area contributed by atoms with Crippen LogP contribution in [0.4, 0.5) is 0 Å². The van der Waals surface area contributed by atoms with Gasteiger partial charge >= 0.3 is 0 Å². The number of hydrogen-bond donors (Lipinski definition) is 2. The molecule has 0 aliphatic carbocycles. The third-order valence-corrected chi connectivity index (χ3v) is 4.33. The van der Waals surface area contributed by atoms with Crippen LogP contribution in [-0.2, 0) is 11.3 Å². The van der Waals surface area contributed by atoms with Gasteiger partial charge in [-0.1, -0.05) is 6.07 Å². The number of nitrogens with one attached hydrogen (secondary N) is 1. The molecule has 24 heavy (non-hydrogen) atoms. The summed E-state index contributed by atoms with van der Waals surface area (Å²) in [7, 11) is 0. The molecule has 0 saturated carbocycles. The second-order valence-corrected chi connectivity index (χ2v) is 6.17. The van der Waals surface area contributed by atoms with Gasteiger partial charge in [0.15, 0.2) is 0 Å². The number of hydrogen-bond acceptors (Lipinski definition) is 5. The fourth-order valence-electron chi connectivity index (χ4n) is 3.17. The molecule has 0 aromatic carbocycles. The highest BCUT2D eigenvalue weighted by Gasteiger charge is 2.25. The fraction of sp³-hybridized carbons (Fsp3) is 0.471. The number of likely N-dealkylation sites (tertiary alicyclic amines) is 1. The van der Waals surface area contributed by atoms with E-state index in [2.05, 4.69) is 15.2 Å². The highest BCUT2D eigenvalue weighted by Crippen LogP contribution is 2.18. The summed E-state index contributed by atoms with van der Waals surface area (Å²) in [6, 6.07) is 7.07. The summed E-state index contributed by atoms with van der Waals surface area (Å²) in [4.78, 5) is 31.0. The maximum atomic E-state index is 12.2. The van der Waals surface area contributed by atoms with Gasteiger partial charge in [-0.05, 0) is 31.5 Å². The molecule has 0 spiro atoms. The second kappa shape index (κ2) is 7.55. The normalized spacial score (nSPS) is 18.6. The molecule has 128 valence electrons. The molecule has 2 aromatic rings. The molecular formula is C17H23N5O2. The van der Waals surface area contributed by atoms with Crippen LogP contribution in [0.1, 0.15) is 18.5 Å². The summed E-state index contributed by atoms with van der Waals surface area (Å²) in [5.74, 6) is 0.0449. The molecule has 3 rings (SSSR count). The molecule has 1 unspecified atom stereocenters. The van der Waals surface area contributed by atoms with Gasteiger partial charge < -0.3 is 11.1 Å². The molecule has 0 bridgehead atoms. The Kier molecular flexibility index (Phi) is 5.22. The third kappa shape index (κ3) is 3.80. The van der Waals surface area contributed by atoms with Crippen molar-refractivity contribution < 1.29 is 4.79 Å². The maximum Gasteiger partial charge on any atom is 0.258 e. The Hall–Kier alpha value is -2.25. The topological polar surface area (TPSA) is 92.7 Å². The Morgan fingerprint density at radius 1 is 1.42 bits per heavy atom. The molecular weight excluding hydrogens is 306 g/mol. The summed E-state index contributed by atoms with van der Waals surface area (Å²) >= 11 is 0. The van der Waals surface area contributed by atoms with E-state index in [1.807, 2.05) is 18.2 Å². The van der Waals surface area contributed by atoms with E-state index in [-0.39, 0.29) is 17.4 Å². The standard InChI is InChI=1S/C17H23N5O2/c18-6-7-19-17(24)13-4-3-8-21(11-13)12-14-10-16(23)22-9-2-1-5-15(22)20-14/h1-2,5,9-10,13H,3-4,6-8,11-12,18H2,(H,19,24). The lowest BCUT2D eigenvalue weighted by Gasteiger charge is -2.31.